The molecule has 1 aromatic carbocycles. The van der Waals surface area contributed by atoms with E-state index in [1.807, 2.05) is 35.2 Å². The maximum Gasteiger partial charge on any atom is 0.323 e. The lowest BCUT2D eigenvalue weighted by atomic mass is 10.1. The largest absolute Gasteiger partial charge is 0.480 e. The van der Waals surface area contributed by atoms with Crippen molar-refractivity contribution in [3.8, 4) is 0 Å². The van der Waals surface area contributed by atoms with Crippen LogP contribution in [0.1, 0.15) is 19.3 Å². The first-order valence-electron chi connectivity index (χ1n) is 6.04. The molecule has 1 aliphatic rings. The van der Waals surface area contributed by atoms with Gasteiger partial charge >= 0.3 is 5.97 Å². The van der Waals surface area contributed by atoms with E-state index in [2.05, 4.69) is 5.32 Å². The average Bonchev–Trinajstić information content (AvgIpc) is 2.38. The maximum atomic E-state index is 11.0. The summed E-state index contributed by atoms with van der Waals surface area (Å²) in [7, 11) is 0. The lowest BCUT2D eigenvalue weighted by molar-refractivity contribution is -0.135. The summed E-state index contributed by atoms with van der Waals surface area (Å²) in [6.45, 7) is 1.01. The van der Waals surface area contributed by atoms with Crippen LogP contribution in [-0.2, 0) is 4.79 Å². The predicted octanol–water partition coefficient (Wildman–Crippen LogP) is 1.68. The Balaban J connectivity index is 2.15. The highest BCUT2D eigenvalue weighted by atomic mass is 16.4. The molecule has 92 valence electrons. The second-order valence-corrected chi connectivity index (χ2v) is 4.32. The third kappa shape index (κ3) is 3.20. The van der Waals surface area contributed by atoms with Crippen LogP contribution in [0.25, 0.3) is 0 Å². The molecule has 1 heterocycles. The zero-order chi connectivity index (χ0) is 12.1. The van der Waals surface area contributed by atoms with Gasteiger partial charge in [-0.15, -0.1) is 0 Å². The van der Waals surface area contributed by atoms with Gasteiger partial charge < -0.3 is 10.0 Å². The van der Waals surface area contributed by atoms with Crippen LogP contribution in [0, 0.1) is 0 Å². The Bertz CT molecular complexity index is 361. The molecule has 4 heteroatoms. The highest BCUT2D eigenvalue weighted by Crippen LogP contribution is 2.20. The van der Waals surface area contributed by atoms with Crippen LogP contribution in [0.15, 0.2) is 30.3 Å². The number of para-hydroxylation sites is 1. The van der Waals surface area contributed by atoms with E-state index in [1.165, 1.54) is 6.42 Å². The lowest BCUT2D eigenvalue weighted by Gasteiger charge is -2.35. The number of aliphatic carboxylic acids is 1. The molecule has 0 spiro atoms. The summed E-state index contributed by atoms with van der Waals surface area (Å²) in [5.41, 5.74) is 0.967. The lowest BCUT2D eigenvalue weighted by Crippen LogP contribution is -2.50. The number of nitrogens with one attached hydrogen (secondary N) is 1. The Kier molecular flexibility index (Phi) is 3.98. The van der Waals surface area contributed by atoms with Gasteiger partial charge in [-0.25, -0.2) is 0 Å². The summed E-state index contributed by atoms with van der Waals surface area (Å²) in [6, 6.07) is 9.73. The summed E-state index contributed by atoms with van der Waals surface area (Å²) < 4.78 is 0. The van der Waals surface area contributed by atoms with Crippen LogP contribution >= 0.6 is 0 Å². The van der Waals surface area contributed by atoms with E-state index < -0.39 is 5.97 Å². The summed E-state index contributed by atoms with van der Waals surface area (Å²) in [5, 5.41) is 12.4. The van der Waals surface area contributed by atoms with Crippen LogP contribution in [-0.4, -0.2) is 30.3 Å². The first-order valence-corrected chi connectivity index (χ1v) is 6.04. The van der Waals surface area contributed by atoms with E-state index in [0.717, 1.165) is 25.1 Å². The molecule has 0 bridgehead atoms. The van der Waals surface area contributed by atoms with E-state index in [1.54, 1.807) is 0 Å². The molecule has 1 aliphatic heterocycles. The van der Waals surface area contributed by atoms with Crippen molar-refractivity contribution < 1.29 is 9.90 Å². The molecule has 0 aromatic heterocycles. The van der Waals surface area contributed by atoms with Gasteiger partial charge in [-0.2, -0.15) is 0 Å². The molecule has 0 saturated carbocycles. The second kappa shape index (κ2) is 5.68. The van der Waals surface area contributed by atoms with Crippen LogP contribution in [0.5, 0.6) is 0 Å². The fourth-order valence-corrected chi connectivity index (χ4v) is 2.25. The minimum atomic E-state index is -0.791. The monoisotopic (exact) mass is 234 g/mol. The molecule has 1 fully saturated rings. The molecular formula is C13H18N2O2. The standard InChI is InChI=1S/C13H18N2O2/c16-13(17)10-15(11-6-2-1-3-7-11)12-8-4-5-9-14-12/h1-3,6-7,12,14H,4-5,8-10H2,(H,16,17). The fraction of sp³-hybridized carbons (Fsp3) is 0.462. The molecule has 1 aromatic rings. The van der Waals surface area contributed by atoms with Gasteiger partial charge in [0.2, 0.25) is 0 Å². The van der Waals surface area contributed by atoms with Crippen LogP contribution in [0.4, 0.5) is 5.69 Å². The second-order valence-electron chi connectivity index (χ2n) is 4.32. The van der Waals surface area contributed by atoms with Crippen molar-refractivity contribution in [3.63, 3.8) is 0 Å². The number of carboxylic acids is 1. The Morgan fingerprint density at radius 2 is 2.12 bits per heavy atom. The Hall–Kier alpha value is -1.55. The number of benzene rings is 1. The molecule has 1 saturated heterocycles. The number of carboxylic acid groups (broad SMARTS) is 1. The van der Waals surface area contributed by atoms with Crippen molar-refractivity contribution in [2.24, 2.45) is 0 Å². The number of nitrogens with zero attached hydrogens (tertiary/aromatic N) is 1. The van der Waals surface area contributed by atoms with E-state index in [0.29, 0.717) is 0 Å². The third-order valence-corrected chi connectivity index (χ3v) is 3.05. The number of piperidine rings is 1. The molecule has 0 aliphatic carbocycles. The first kappa shape index (κ1) is 11.9. The number of rotatable bonds is 4. The van der Waals surface area contributed by atoms with Crippen molar-refractivity contribution in [2.75, 3.05) is 18.0 Å². The highest BCUT2D eigenvalue weighted by molar-refractivity contribution is 5.74. The van der Waals surface area contributed by atoms with E-state index in [4.69, 9.17) is 5.11 Å². The summed E-state index contributed by atoms with van der Waals surface area (Å²) >= 11 is 0. The SMILES string of the molecule is O=C(O)CN(c1ccccc1)C1CCCCN1. The average molecular weight is 234 g/mol. The molecule has 2 N–H and O–H groups in total. The van der Waals surface area contributed by atoms with Gasteiger partial charge in [0, 0.05) is 5.69 Å². The quantitative estimate of drug-likeness (QED) is 0.832. The van der Waals surface area contributed by atoms with Crippen molar-refractivity contribution in [1.82, 2.24) is 5.32 Å². The Labute approximate surface area is 101 Å². The fourth-order valence-electron chi connectivity index (χ4n) is 2.25. The smallest absolute Gasteiger partial charge is 0.323 e. The Morgan fingerprint density at radius 1 is 1.35 bits per heavy atom. The van der Waals surface area contributed by atoms with Crippen molar-refractivity contribution in [3.05, 3.63) is 30.3 Å². The van der Waals surface area contributed by atoms with E-state index >= 15 is 0 Å². The topological polar surface area (TPSA) is 52.6 Å². The van der Waals surface area contributed by atoms with Gasteiger partial charge in [-0.05, 0) is 37.9 Å². The summed E-state index contributed by atoms with van der Waals surface area (Å²) in [4.78, 5) is 12.9. The molecule has 4 nitrogen and oxygen atoms in total. The minimum absolute atomic E-state index is 0.0433. The van der Waals surface area contributed by atoms with Crippen LogP contribution in [0.3, 0.4) is 0 Å². The predicted molar refractivity (Wildman–Crippen MR) is 67.1 cm³/mol. The van der Waals surface area contributed by atoms with Gasteiger partial charge in [-0.1, -0.05) is 18.2 Å². The molecule has 17 heavy (non-hydrogen) atoms. The van der Waals surface area contributed by atoms with Crippen molar-refractivity contribution in [2.45, 2.75) is 25.4 Å². The number of anilines is 1. The van der Waals surface area contributed by atoms with Gasteiger partial charge in [0.25, 0.3) is 0 Å². The third-order valence-electron chi connectivity index (χ3n) is 3.05. The zero-order valence-corrected chi connectivity index (χ0v) is 9.80. The first-order chi connectivity index (χ1) is 8.27. The van der Waals surface area contributed by atoms with Crippen LogP contribution < -0.4 is 10.2 Å². The Morgan fingerprint density at radius 3 is 2.71 bits per heavy atom. The minimum Gasteiger partial charge on any atom is -0.480 e. The van der Waals surface area contributed by atoms with Crippen molar-refractivity contribution >= 4 is 11.7 Å². The zero-order valence-electron chi connectivity index (χ0n) is 9.80. The molecule has 0 radical (unpaired) electrons. The molecule has 1 atom stereocenters. The molecule has 1 unspecified atom stereocenters. The summed E-state index contributed by atoms with van der Waals surface area (Å²) in [5.74, 6) is -0.791. The van der Waals surface area contributed by atoms with Crippen molar-refractivity contribution in [1.29, 1.82) is 0 Å². The number of hydrogen-bond donors (Lipinski definition) is 2. The van der Waals surface area contributed by atoms with Gasteiger partial charge in [0.15, 0.2) is 0 Å². The van der Waals surface area contributed by atoms with Gasteiger partial charge in [0.1, 0.15) is 6.54 Å². The van der Waals surface area contributed by atoms with Gasteiger partial charge in [-0.3, -0.25) is 10.1 Å². The number of hydrogen-bond acceptors (Lipinski definition) is 3. The maximum absolute atomic E-state index is 11.0. The van der Waals surface area contributed by atoms with E-state index in [9.17, 15) is 4.79 Å². The molecular weight excluding hydrogens is 216 g/mol. The molecule has 0 amide bonds. The van der Waals surface area contributed by atoms with Crippen LogP contribution in [0.2, 0.25) is 0 Å². The van der Waals surface area contributed by atoms with Gasteiger partial charge in [0.05, 0.1) is 6.17 Å². The normalized spacial score (nSPS) is 19.9. The summed E-state index contributed by atoms with van der Waals surface area (Å²) in [6.07, 6.45) is 3.47. The molecule has 2 rings (SSSR count). The number of carbonyl (C=O) groups is 1. The van der Waals surface area contributed by atoms with E-state index in [-0.39, 0.29) is 12.7 Å². The highest BCUT2D eigenvalue weighted by Gasteiger charge is 2.22.